The van der Waals surface area contributed by atoms with Gasteiger partial charge in [0.05, 0.1) is 19.4 Å². The Kier molecular flexibility index (Phi) is 11.0. The molecule has 3 rings (SSSR count). The fourth-order valence-corrected chi connectivity index (χ4v) is 3.08. The van der Waals surface area contributed by atoms with Gasteiger partial charge in [-0.3, -0.25) is 0 Å². The lowest BCUT2D eigenvalue weighted by molar-refractivity contribution is 0.186. The van der Waals surface area contributed by atoms with Gasteiger partial charge in [-0.25, -0.2) is 9.38 Å². The van der Waals surface area contributed by atoms with Crippen LogP contribution in [0.15, 0.2) is 52.1 Å². The first-order chi connectivity index (χ1) is 14.2. The summed E-state index contributed by atoms with van der Waals surface area (Å²) in [6.45, 7) is 5.54. The molecule has 0 aliphatic carbocycles. The number of benzene rings is 1. The Morgan fingerprint density at radius 2 is 2.13 bits per heavy atom. The standard InChI is InChI=1S/C22H30FN3O3.HI/c1-2-18(29-21-8-4-3-7-20(21)23)15-26-22(25-14-17-10-13-27-16-17)24-11-9-19-6-5-12-28-19;/h3-8,12,17-18H,2,9-11,13-16H2,1H3,(H2,24,25,26);1H. The summed E-state index contributed by atoms with van der Waals surface area (Å²) in [6, 6.07) is 10.3. The first-order valence-electron chi connectivity index (χ1n) is 10.3. The molecule has 0 spiro atoms. The molecule has 6 nitrogen and oxygen atoms in total. The van der Waals surface area contributed by atoms with E-state index >= 15 is 0 Å². The second kappa shape index (κ2) is 13.5. The molecule has 1 aromatic carbocycles. The third-order valence-corrected chi connectivity index (χ3v) is 4.86. The largest absolute Gasteiger partial charge is 0.485 e. The molecule has 0 bridgehead atoms. The van der Waals surface area contributed by atoms with Crippen LogP contribution in [0.4, 0.5) is 4.39 Å². The van der Waals surface area contributed by atoms with Crippen LogP contribution in [0.1, 0.15) is 25.5 Å². The fraction of sp³-hybridized carbons (Fsp3) is 0.500. The maximum atomic E-state index is 13.9. The van der Waals surface area contributed by atoms with E-state index in [0.29, 0.717) is 19.0 Å². The Balaban J connectivity index is 0.00000320. The zero-order valence-corrected chi connectivity index (χ0v) is 19.6. The van der Waals surface area contributed by atoms with Crippen molar-refractivity contribution in [1.82, 2.24) is 10.6 Å². The second-order valence-corrected chi connectivity index (χ2v) is 7.13. The van der Waals surface area contributed by atoms with Gasteiger partial charge in [-0.15, -0.1) is 24.0 Å². The molecule has 0 radical (unpaired) electrons. The van der Waals surface area contributed by atoms with Crippen LogP contribution in [-0.2, 0) is 11.2 Å². The minimum absolute atomic E-state index is 0. The highest BCUT2D eigenvalue weighted by Gasteiger charge is 2.16. The third kappa shape index (κ3) is 8.14. The first-order valence-corrected chi connectivity index (χ1v) is 10.3. The van der Waals surface area contributed by atoms with Crippen molar-refractivity contribution in [2.24, 2.45) is 10.9 Å². The number of nitrogens with one attached hydrogen (secondary N) is 2. The summed E-state index contributed by atoms with van der Waals surface area (Å²) in [5, 5.41) is 6.74. The molecule has 2 aromatic rings. The lowest BCUT2D eigenvalue weighted by Crippen LogP contribution is -2.41. The number of furan rings is 1. The van der Waals surface area contributed by atoms with Crippen LogP contribution < -0.4 is 15.4 Å². The van der Waals surface area contributed by atoms with E-state index in [9.17, 15) is 4.39 Å². The van der Waals surface area contributed by atoms with Crippen LogP contribution in [0.5, 0.6) is 5.75 Å². The summed E-state index contributed by atoms with van der Waals surface area (Å²) in [7, 11) is 0. The van der Waals surface area contributed by atoms with Crippen molar-refractivity contribution in [1.29, 1.82) is 0 Å². The van der Waals surface area contributed by atoms with Crippen LogP contribution in [0.3, 0.4) is 0 Å². The smallest absolute Gasteiger partial charge is 0.191 e. The summed E-state index contributed by atoms with van der Waals surface area (Å²) in [6.07, 6.45) is 4.03. The SMILES string of the molecule is CCC(CN=C(NCCc1ccco1)NCC1CCOC1)Oc1ccccc1F.I. The van der Waals surface area contributed by atoms with Gasteiger partial charge < -0.3 is 24.5 Å². The lowest BCUT2D eigenvalue weighted by Gasteiger charge is -2.18. The van der Waals surface area contributed by atoms with Crippen LogP contribution in [0.2, 0.25) is 0 Å². The molecule has 1 aliphatic heterocycles. The van der Waals surface area contributed by atoms with Crippen molar-refractivity contribution in [2.75, 3.05) is 32.8 Å². The Bertz CT molecular complexity index is 752. The normalized spacial score (nSPS) is 17.3. The van der Waals surface area contributed by atoms with Crippen molar-refractivity contribution in [3.05, 3.63) is 54.2 Å². The molecule has 8 heteroatoms. The second-order valence-electron chi connectivity index (χ2n) is 7.13. The van der Waals surface area contributed by atoms with Crippen LogP contribution in [0.25, 0.3) is 0 Å². The highest BCUT2D eigenvalue weighted by molar-refractivity contribution is 14.0. The average Bonchev–Trinajstić information content (AvgIpc) is 3.44. The van der Waals surface area contributed by atoms with Crippen molar-refractivity contribution in [2.45, 2.75) is 32.3 Å². The van der Waals surface area contributed by atoms with Crippen LogP contribution >= 0.6 is 24.0 Å². The van der Waals surface area contributed by atoms with Gasteiger partial charge in [-0.2, -0.15) is 0 Å². The number of hydrogen-bond donors (Lipinski definition) is 2. The number of ether oxygens (including phenoxy) is 2. The Morgan fingerprint density at radius 3 is 2.83 bits per heavy atom. The van der Waals surface area contributed by atoms with Crippen LogP contribution in [-0.4, -0.2) is 44.9 Å². The van der Waals surface area contributed by atoms with E-state index in [2.05, 4.69) is 15.6 Å². The maximum absolute atomic E-state index is 13.9. The molecule has 0 saturated carbocycles. The third-order valence-electron chi connectivity index (χ3n) is 4.86. The zero-order valence-electron chi connectivity index (χ0n) is 17.3. The monoisotopic (exact) mass is 531 g/mol. The molecule has 2 atom stereocenters. The summed E-state index contributed by atoms with van der Waals surface area (Å²) in [5.41, 5.74) is 0. The summed E-state index contributed by atoms with van der Waals surface area (Å²) in [4.78, 5) is 4.68. The number of para-hydroxylation sites is 1. The highest BCUT2D eigenvalue weighted by Crippen LogP contribution is 2.18. The fourth-order valence-electron chi connectivity index (χ4n) is 3.08. The van der Waals surface area contributed by atoms with Gasteiger partial charge in [0, 0.05) is 32.0 Å². The minimum atomic E-state index is -0.355. The lowest BCUT2D eigenvalue weighted by atomic mass is 10.1. The van der Waals surface area contributed by atoms with E-state index in [4.69, 9.17) is 13.9 Å². The molecule has 0 amide bonds. The average molecular weight is 531 g/mol. The molecule has 1 aliphatic rings. The van der Waals surface area contributed by atoms with Crippen molar-refractivity contribution in [3.63, 3.8) is 0 Å². The van der Waals surface area contributed by atoms with Gasteiger partial charge in [0.1, 0.15) is 11.9 Å². The van der Waals surface area contributed by atoms with E-state index in [-0.39, 0.29) is 41.6 Å². The van der Waals surface area contributed by atoms with Crippen molar-refractivity contribution in [3.8, 4) is 5.75 Å². The predicted molar refractivity (Wildman–Crippen MR) is 126 cm³/mol. The van der Waals surface area contributed by atoms with Gasteiger partial charge in [0.15, 0.2) is 17.5 Å². The molecule has 2 N–H and O–H groups in total. The predicted octanol–water partition coefficient (Wildman–Crippen LogP) is 4.01. The number of guanidine groups is 1. The van der Waals surface area contributed by atoms with Gasteiger partial charge >= 0.3 is 0 Å². The Hall–Kier alpha value is -1.81. The van der Waals surface area contributed by atoms with Crippen LogP contribution in [0, 0.1) is 11.7 Å². The molecule has 1 fully saturated rings. The molecule has 1 saturated heterocycles. The van der Waals surface area contributed by atoms with E-state index in [1.807, 2.05) is 19.1 Å². The van der Waals surface area contributed by atoms with Gasteiger partial charge in [-0.1, -0.05) is 19.1 Å². The van der Waals surface area contributed by atoms with Gasteiger partial charge in [0.25, 0.3) is 0 Å². The summed E-state index contributed by atoms with van der Waals surface area (Å²) >= 11 is 0. The van der Waals surface area contributed by atoms with E-state index < -0.39 is 0 Å². The number of aliphatic imine (C=N–C) groups is 1. The topological polar surface area (TPSA) is 68.0 Å². The number of rotatable bonds is 10. The maximum Gasteiger partial charge on any atom is 0.191 e. The summed E-state index contributed by atoms with van der Waals surface area (Å²) in [5.74, 6) is 2.04. The minimum Gasteiger partial charge on any atom is -0.485 e. The van der Waals surface area contributed by atoms with E-state index in [1.165, 1.54) is 6.07 Å². The number of halogens is 2. The van der Waals surface area contributed by atoms with E-state index in [0.717, 1.165) is 50.7 Å². The molecule has 30 heavy (non-hydrogen) atoms. The quantitative estimate of drug-likeness (QED) is 0.276. The molecule has 166 valence electrons. The number of hydrogen-bond acceptors (Lipinski definition) is 4. The Morgan fingerprint density at radius 1 is 1.27 bits per heavy atom. The molecule has 1 aromatic heterocycles. The highest BCUT2D eigenvalue weighted by atomic mass is 127. The van der Waals surface area contributed by atoms with Gasteiger partial charge in [0.2, 0.25) is 0 Å². The molecule has 2 heterocycles. The zero-order chi connectivity index (χ0) is 20.3. The first kappa shape index (κ1) is 24.5. The van der Waals surface area contributed by atoms with E-state index in [1.54, 1.807) is 24.5 Å². The van der Waals surface area contributed by atoms with Gasteiger partial charge in [-0.05, 0) is 37.1 Å². The summed E-state index contributed by atoms with van der Waals surface area (Å²) < 4.78 is 30.5. The number of nitrogens with zero attached hydrogens (tertiary/aromatic N) is 1. The molecular formula is C22H31FIN3O3. The van der Waals surface area contributed by atoms with Crippen molar-refractivity contribution >= 4 is 29.9 Å². The Labute approximate surface area is 194 Å². The molecular weight excluding hydrogens is 500 g/mol. The molecule has 2 unspecified atom stereocenters. The van der Waals surface area contributed by atoms with Crippen molar-refractivity contribution < 1.29 is 18.3 Å².